The fourth-order valence-corrected chi connectivity index (χ4v) is 1.82. The number of aryl methyl sites for hydroxylation is 1. The van der Waals surface area contributed by atoms with E-state index >= 15 is 0 Å². The second-order valence-corrected chi connectivity index (χ2v) is 5.24. The Morgan fingerprint density at radius 3 is 2.71 bits per heavy atom. The second kappa shape index (κ2) is 8.64. The van der Waals surface area contributed by atoms with Crippen LogP contribution in [0.2, 0.25) is 0 Å². The molecule has 1 aromatic rings. The van der Waals surface area contributed by atoms with Gasteiger partial charge in [0.1, 0.15) is 12.4 Å². The summed E-state index contributed by atoms with van der Waals surface area (Å²) < 4.78 is 10.6. The highest BCUT2D eigenvalue weighted by molar-refractivity contribution is 5.96. The van der Waals surface area contributed by atoms with Crippen LogP contribution in [0.15, 0.2) is 18.2 Å². The van der Waals surface area contributed by atoms with Crippen LogP contribution in [0.25, 0.3) is 0 Å². The van der Waals surface area contributed by atoms with Crippen molar-refractivity contribution >= 4 is 11.6 Å². The SMILES string of the molecule is CC[C@H](C)[C@H](N)C(=O)Nc1ccc(C)cc1OCCOC. The third-order valence-corrected chi connectivity index (χ3v) is 3.50. The molecule has 0 saturated heterocycles. The normalized spacial score (nSPS) is 13.6. The Labute approximate surface area is 126 Å². The van der Waals surface area contributed by atoms with Gasteiger partial charge in [-0.2, -0.15) is 0 Å². The van der Waals surface area contributed by atoms with Gasteiger partial charge in [0, 0.05) is 7.11 Å². The molecule has 118 valence electrons. The molecular formula is C16H26N2O3. The van der Waals surface area contributed by atoms with Crippen LogP contribution in [-0.4, -0.2) is 32.3 Å². The van der Waals surface area contributed by atoms with Gasteiger partial charge in [-0.25, -0.2) is 0 Å². The summed E-state index contributed by atoms with van der Waals surface area (Å²) in [4.78, 5) is 12.2. The Morgan fingerprint density at radius 2 is 2.10 bits per heavy atom. The zero-order valence-electron chi connectivity index (χ0n) is 13.3. The van der Waals surface area contributed by atoms with Crippen LogP contribution in [-0.2, 0) is 9.53 Å². The highest BCUT2D eigenvalue weighted by atomic mass is 16.5. The molecule has 0 heterocycles. The Bertz CT molecular complexity index is 463. The van der Waals surface area contributed by atoms with E-state index in [0.29, 0.717) is 24.7 Å². The maximum atomic E-state index is 12.2. The molecule has 0 aliphatic carbocycles. The molecule has 1 rings (SSSR count). The molecule has 0 spiro atoms. The highest BCUT2D eigenvalue weighted by Crippen LogP contribution is 2.26. The van der Waals surface area contributed by atoms with Crippen molar-refractivity contribution in [1.82, 2.24) is 0 Å². The molecule has 0 saturated carbocycles. The number of hydrogen-bond donors (Lipinski definition) is 2. The predicted molar refractivity (Wildman–Crippen MR) is 84.6 cm³/mol. The minimum absolute atomic E-state index is 0.133. The molecule has 0 aliphatic rings. The van der Waals surface area contributed by atoms with Crippen molar-refractivity contribution in [3.63, 3.8) is 0 Å². The highest BCUT2D eigenvalue weighted by Gasteiger charge is 2.20. The van der Waals surface area contributed by atoms with E-state index in [2.05, 4.69) is 5.32 Å². The first-order chi connectivity index (χ1) is 9.99. The first-order valence-corrected chi connectivity index (χ1v) is 7.28. The number of benzene rings is 1. The fourth-order valence-electron chi connectivity index (χ4n) is 1.82. The van der Waals surface area contributed by atoms with E-state index in [9.17, 15) is 4.79 Å². The van der Waals surface area contributed by atoms with Crippen molar-refractivity contribution in [3.05, 3.63) is 23.8 Å². The van der Waals surface area contributed by atoms with Gasteiger partial charge >= 0.3 is 0 Å². The van der Waals surface area contributed by atoms with Crippen molar-refractivity contribution in [1.29, 1.82) is 0 Å². The van der Waals surface area contributed by atoms with E-state index in [1.165, 1.54) is 0 Å². The molecule has 5 heteroatoms. The Morgan fingerprint density at radius 1 is 1.38 bits per heavy atom. The van der Waals surface area contributed by atoms with Crippen LogP contribution in [0, 0.1) is 12.8 Å². The van der Waals surface area contributed by atoms with Crippen molar-refractivity contribution in [2.24, 2.45) is 11.7 Å². The van der Waals surface area contributed by atoms with Crippen LogP contribution in [0.4, 0.5) is 5.69 Å². The van der Waals surface area contributed by atoms with Gasteiger partial charge in [-0.05, 0) is 30.5 Å². The first-order valence-electron chi connectivity index (χ1n) is 7.28. The summed E-state index contributed by atoms with van der Waals surface area (Å²) >= 11 is 0. The summed E-state index contributed by atoms with van der Waals surface area (Å²) in [6.45, 7) is 6.88. The Balaban J connectivity index is 2.79. The van der Waals surface area contributed by atoms with E-state index in [4.69, 9.17) is 15.2 Å². The Kier molecular flexibility index (Phi) is 7.19. The number of hydrogen-bond acceptors (Lipinski definition) is 4. The second-order valence-electron chi connectivity index (χ2n) is 5.24. The molecule has 0 radical (unpaired) electrons. The lowest BCUT2D eigenvalue weighted by Gasteiger charge is -2.19. The fraction of sp³-hybridized carbons (Fsp3) is 0.562. The van der Waals surface area contributed by atoms with Gasteiger partial charge in [0.2, 0.25) is 5.91 Å². The summed E-state index contributed by atoms with van der Waals surface area (Å²) in [5, 5.41) is 2.85. The first kappa shape index (κ1) is 17.5. The monoisotopic (exact) mass is 294 g/mol. The minimum Gasteiger partial charge on any atom is -0.489 e. The van der Waals surface area contributed by atoms with Gasteiger partial charge in [0.25, 0.3) is 0 Å². The summed E-state index contributed by atoms with van der Waals surface area (Å²) in [5.41, 5.74) is 7.65. The molecule has 3 N–H and O–H groups in total. The standard InChI is InChI=1S/C16H26N2O3/c1-5-12(3)15(17)16(19)18-13-7-6-11(2)10-14(13)21-9-8-20-4/h6-7,10,12,15H,5,8-9,17H2,1-4H3,(H,18,19)/t12-,15-/m0/s1. The molecule has 0 bridgehead atoms. The van der Waals surface area contributed by atoms with Crippen LogP contribution in [0.1, 0.15) is 25.8 Å². The third-order valence-electron chi connectivity index (χ3n) is 3.50. The average Bonchev–Trinajstić information content (AvgIpc) is 2.48. The van der Waals surface area contributed by atoms with E-state index in [1.54, 1.807) is 7.11 Å². The molecule has 0 unspecified atom stereocenters. The summed E-state index contributed by atoms with van der Waals surface area (Å²) in [6, 6.07) is 5.12. The number of methoxy groups -OCH3 is 1. The molecule has 0 aromatic heterocycles. The Hall–Kier alpha value is -1.59. The lowest BCUT2D eigenvalue weighted by atomic mass is 9.99. The molecule has 1 amide bonds. The molecule has 0 aliphatic heterocycles. The summed E-state index contributed by atoms with van der Waals surface area (Å²) in [5.74, 6) is 0.579. The van der Waals surface area contributed by atoms with Gasteiger partial charge in [0.15, 0.2) is 0 Å². The van der Waals surface area contributed by atoms with Crippen LogP contribution < -0.4 is 15.8 Å². The number of nitrogens with one attached hydrogen (secondary N) is 1. The lowest BCUT2D eigenvalue weighted by molar-refractivity contribution is -0.118. The molecule has 0 fully saturated rings. The number of nitrogens with two attached hydrogens (primary N) is 1. The van der Waals surface area contributed by atoms with E-state index in [0.717, 1.165) is 12.0 Å². The van der Waals surface area contributed by atoms with Crippen LogP contribution >= 0.6 is 0 Å². The van der Waals surface area contributed by atoms with Crippen LogP contribution in [0.3, 0.4) is 0 Å². The van der Waals surface area contributed by atoms with E-state index < -0.39 is 6.04 Å². The van der Waals surface area contributed by atoms with Gasteiger partial charge in [0.05, 0.1) is 18.3 Å². The number of ether oxygens (including phenoxy) is 2. The number of carbonyl (C=O) groups excluding carboxylic acids is 1. The number of carbonyl (C=O) groups is 1. The number of amides is 1. The maximum Gasteiger partial charge on any atom is 0.241 e. The zero-order chi connectivity index (χ0) is 15.8. The van der Waals surface area contributed by atoms with Gasteiger partial charge in [-0.15, -0.1) is 0 Å². The molecular weight excluding hydrogens is 268 g/mol. The maximum absolute atomic E-state index is 12.2. The third kappa shape index (κ3) is 5.36. The van der Waals surface area contributed by atoms with Crippen molar-refractivity contribution < 1.29 is 14.3 Å². The predicted octanol–water partition coefficient (Wildman–Crippen LogP) is 2.33. The topological polar surface area (TPSA) is 73.6 Å². The smallest absolute Gasteiger partial charge is 0.241 e. The largest absolute Gasteiger partial charge is 0.489 e. The van der Waals surface area contributed by atoms with Gasteiger partial charge in [-0.3, -0.25) is 4.79 Å². The number of rotatable bonds is 8. The van der Waals surface area contributed by atoms with Gasteiger partial charge in [-0.1, -0.05) is 26.3 Å². The molecule has 21 heavy (non-hydrogen) atoms. The van der Waals surface area contributed by atoms with E-state index in [1.807, 2.05) is 39.0 Å². The lowest BCUT2D eigenvalue weighted by Crippen LogP contribution is -2.40. The van der Waals surface area contributed by atoms with Crippen molar-refractivity contribution in [2.75, 3.05) is 25.6 Å². The van der Waals surface area contributed by atoms with Crippen molar-refractivity contribution in [2.45, 2.75) is 33.2 Å². The molecule has 2 atom stereocenters. The molecule has 5 nitrogen and oxygen atoms in total. The summed E-state index contributed by atoms with van der Waals surface area (Å²) in [7, 11) is 1.62. The average molecular weight is 294 g/mol. The molecule has 1 aromatic carbocycles. The minimum atomic E-state index is -0.525. The van der Waals surface area contributed by atoms with Crippen molar-refractivity contribution in [3.8, 4) is 5.75 Å². The van der Waals surface area contributed by atoms with Gasteiger partial charge < -0.3 is 20.5 Å². The van der Waals surface area contributed by atoms with Crippen LogP contribution in [0.5, 0.6) is 5.75 Å². The van der Waals surface area contributed by atoms with E-state index in [-0.39, 0.29) is 11.8 Å². The number of anilines is 1. The zero-order valence-corrected chi connectivity index (χ0v) is 13.3. The quantitative estimate of drug-likeness (QED) is 0.722. The summed E-state index contributed by atoms with van der Waals surface area (Å²) in [6.07, 6.45) is 0.861.